The van der Waals surface area contributed by atoms with Gasteiger partial charge in [0.05, 0.1) is 4.90 Å². The summed E-state index contributed by atoms with van der Waals surface area (Å²) in [6.07, 6.45) is 11.8. The van der Waals surface area contributed by atoms with E-state index in [4.69, 9.17) is 0 Å². The lowest BCUT2D eigenvalue weighted by Gasteiger charge is -2.23. The molecule has 0 spiro atoms. The molecule has 0 atom stereocenters. The van der Waals surface area contributed by atoms with Crippen molar-refractivity contribution in [3.8, 4) is 0 Å². The maximum Gasteiger partial charge on any atom is 0.251 e. The molecule has 5 nitrogen and oxygen atoms in total. The van der Waals surface area contributed by atoms with E-state index in [1.54, 1.807) is 12.1 Å². The minimum atomic E-state index is -3.61. The number of carbonyl (C=O) groups is 1. The molecule has 0 saturated heterocycles. The zero-order valence-corrected chi connectivity index (χ0v) is 17.1. The van der Waals surface area contributed by atoms with Gasteiger partial charge in [-0.15, -0.1) is 0 Å². The summed E-state index contributed by atoms with van der Waals surface area (Å²) in [4.78, 5) is 12.9. The lowest BCUT2D eigenvalue weighted by molar-refractivity contribution is 0.0927. The summed E-state index contributed by atoms with van der Waals surface area (Å²) in [5, 5.41) is 3.09. The zero-order valence-electron chi connectivity index (χ0n) is 16.3. The van der Waals surface area contributed by atoms with Crippen LogP contribution in [-0.4, -0.2) is 26.4 Å². The Labute approximate surface area is 163 Å². The molecule has 1 aromatic rings. The van der Waals surface area contributed by atoms with Gasteiger partial charge >= 0.3 is 0 Å². The summed E-state index contributed by atoms with van der Waals surface area (Å²) < 4.78 is 28.6. The minimum Gasteiger partial charge on any atom is -0.349 e. The van der Waals surface area contributed by atoms with Gasteiger partial charge < -0.3 is 5.32 Å². The third-order valence-electron chi connectivity index (χ3n) is 5.88. The number of hydrogen-bond donors (Lipinski definition) is 2. The Morgan fingerprint density at radius 1 is 0.889 bits per heavy atom. The predicted octanol–water partition coefficient (Wildman–Crippen LogP) is 4.06. The quantitative estimate of drug-likeness (QED) is 0.742. The highest BCUT2D eigenvalue weighted by Crippen LogP contribution is 2.22. The maximum absolute atomic E-state index is 12.8. The first-order valence-electron chi connectivity index (χ1n) is 10.4. The van der Waals surface area contributed by atoms with E-state index in [2.05, 4.69) is 10.0 Å². The average molecular weight is 393 g/mol. The molecule has 0 radical (unpaired) electrons. The second-order valence-corrected chi connectivity index (χ2v) is 9.81. The fourth-order valence-corrected chi connectivity index (χ4v) is 5.54. The lowest BCUT2D eigenvalue weighted by Crippen LogP contribution is -2.37. The summed E-state index contributed by atoms with van der Waals surface area (Å²) in [5.41, 5.74) is 1.26. The van der Waals surface area contributed by atoms with Crippen molar-refractivity contribution < 1.29 is 13.2 Å². The fourth-order valence-electron chi connectivity index (χ4n) is 4.21. The summed E-state index contributed by atoms with van der Waals surface area (Å²) in [7, 11) is -3.61. The Hall–Kier alpha value is -1.40. The molecule has 2 N–H and O–H groups in total. The molecule has 2 aliphatic carbocycles. The standard InChI is InChI=1S/C21H32N2O3S/c1-16-13-14-19(27(25,26)23-18-11-5-2-3-6-12-18)15-20(16)21(24)22-17-9-7-4-8-10-17/h13-15,17-18,23H,2-12H2,1H3,(H,22,24). The molecule has 2 aliphatic rings. The van der Waals surface area contributed by atoms with Crippen LogP contribution in [0, 0.1) is 6.92 Å². The molecule has 0 bridgehead atoms. The van der Waals surface area contributed by atoms with Gasteiger partial charge in [-0.25, -0.2) is 13.1 Å². The summed E-state index contributed by atoms with van der Waals surface area (Å²) >= 11 is 0. The smallest absolute Gasteiger partial charge is 0.251 e. The third kappa shape index (κ3) is 5.55. The van der Waals surface area contributed by atoms with Crippen molar-refractivity contribution in [2.75, 3.05) is 0 Å². The zero-order chi connectivity index (χ0) is 19.3. The molecular formula is C21H32N2O3S. The van der Waals surface area contributed by atoms with Crippen LogP contribution in [-0.2, 0) is 10.0 Å². The van der Waals surface area contributed by atoms with Crippen molar-refractivity contribution in [1.82, 2.24) is 10.0 Å². The Kier molecular flexibility index (Phi) is 6.93. The largest absolute Gasteiger partial charge is 0.349 e. The highest BCUT2D eigenvalue weighted by molar-refractivity contribution is 7.89. The van der Waals surface area contributed by atoms with Crippen LogP contribution in [0.25, 0.3) is 0 Å². The fraction of sp³-hybridized carbons (Fsp3) is 0.667. The SMILES string of the molecule is Cc1ccc(S(=O)(=O)NC2CCCCCC2)cc1C(=O)NC1CCCCC1. The normalized spacial score (nSPS) is 20.2. The Morgan fingerprint density at radius 2 is 1.44 bits per heavy atom. The molecule has 0 aromatic heterocycles. The second-order valence-electron chi connectivity index (χ2n) is 8.09. The highest BCUT2D eigenvalue weighted by Gasteiger charge is 2.24. The van der Waals surface area contributed by atoms with Crippen LogP contribution in [0.15, 0.2) is 23.1 Å². The number of hydrogen-bond acceptors (Lipinski definition) is 3. The van der Waals surface area contributed by atoms with E-state index in [0.717, 1.165) is 56.9 Å². The molecule has 0 aliphatic heterocycles. The average Bonchev–Trinajstić information content (AvgIpc) is 2.91. The number of rotatable bonds is 5. The molecule has 150 valence electrons. The van der Waals surface area contributed by atoms with Crippen molar-refractivity contribution >= 4 is 15.9 Å². The Morgan fingerprint density at radius 3 is 2.07 bits per heavy atom. The van der Waals surface area contributed by atoms with E-state index in [1.807, 2.05) is 6.92 Å². The minimum absolute atomic E-state index is 0.00156. The van der Waals surface area contributed by atoms with Gasteiger partial charge in [0.1, 0.15) is 0 Å². The summed E-state index contributed by atoms with van der Waals surface area (Å²) in [6, 6.07) is 5.07. The number of benzene rings is 1. The first-order chi connectivity index (χ1) is 13.0. The van der Waals surface area contributed by atoms with Gasteiger partial charge in [-0.05, 0) is 50.3 Å². The number of sulfonamides is 1. The summed E-state index contributed by atoms with van der Waals surface area (Å²) in [5.74, 6) is -0.161. The number of nitrogens with one attached hydrogen (secondary N) is 2. The van der Waals surface area contributed by atoms with Crippen molar-refractivity contribution in [1.29, 1.82) is 0 Å². The highest BCUT2D eigenvalue weighted by atomic mass is 32.2. The number of carbonyl (C=O) groups excluding carboxylic acids is 1. The van der Waals surface area contributed by atoms with Gasteiger partial charge in [0, 0.05) is 17.6 Å². The van der Waals surface area contributed by atoms with Gasteiger partial charge in [0.15, 0.2) is 0 Å². The molecule has 0 unspecified atom stereocenters. The lowest BCUT2D eigenvalue weighted by atomic mass is 9.95. The molecule has 27 heavy (non-hydrogen) atoms. The molecule has 1 aromatic carbocycles. The van der Waals surface area contributed by atoms with Crippen molar-refractivity contribution in [3.05, 3.63) is 29.3 Å². The first-order valence-corrected chi connectivity index (χ1v) is 11.9. The van der Waals surface area contributed by atoms with Crippen molar-refractivity contribution in [3.63, 3.8) is 0 Å². The van der Waals surface area contributed by atoms with Crippen LogP contribution in [0.4, 0.5) is 0 Å². The predicted molar refractivity (Wildman–Crippen MR) is 107 cm³/mol. The maximum atomic E-state index is 12.8. The van der Waals surface area contributed by atoms with Gasteiger partial charge in [0.25, 0.3) is 5.91 Å². The topological polar surface area (TPSA) is 75.3 Å². The van der Waals surface area contributed by atoms with Gasteiger partial charge in [-0.2, -0.15) is 0 Å². The monoisotopic (exact) mass is 392 g/mol. The van der Waals surface area contributed by atoms with Gasteiger partial charge in [0.2, 0.25) is 10.0 Å². The number of amides is 1. The third-order valence-corrected chi connectivity index (χ3v) is 7.40. The van der Waals surface area contributed by atoms with Gasteiger partial charge in [-0.1, -0.05) is 51.0 Å². The molecule has 3 rings (SSSR count). The van der Waals surface area contributed by atoms with Crippen LogP contribution in [0.2, 0.25) is 0 Å². The molecule has 6 heteroatoms. The van der Waals surface area contributed by atoms with E-state index in [9.17, 15) is 13.2 Å². The van der Waals surface area contributed by atoms with Crippen LogP contribution in [0.3, 0.4) is 0 Å². The van der Waals surface area contributed by atoms with E-state index >= 15 is 0 Å². The van der Waals surface area contributed by atoms with Crippen LogP contribution in [0.1, 0.15) is 86.6 Å². The summed E-state index contributed by atoms with van der Waals surface area (Å²) in [6.45, 7) is 1.85. The van der Waals surface area contributed by atoms with E-state index in [-0.39, 0.29) is 22.9 Å². The Balaban J connectivity index is 1.73. The van der Waals surface area contributed by atoms with Crippen LogP contribution in [0.5, 0.6) is 0 Å². The second kappa shape index (κ2) is 9.20. The van der Waals surface area contributed by atoms with Crippen LogP contribution < -0.4 is 10.0 Å². The van der Waals surface area contributed by atoms with E-state index in [0.29, 0.717) is 5.56 Å². The molecular weight excluding hydrogens is 360 g/mol. The van der Waals surface area contributed by atoms with E-state index < -0.39 is 10.0 Å². The van der Waals surface area contributed by atoms with Crippen molar-refractivity contribution in [2.24, 2.45) is 0 Å². The molecule has 0 heterocycles. The van der Waals surface area contributed by atoms with Gasteiger partial charge in [-0.3, -0.25) is 4.79 Å². The number of aryl methyl sites for hydroxylation is 1. The van der Waals surface area contributed by atoms with Crippen molar-refractivity contribution in [2.45, 2.75) is 94.5 Å². The molecule has 2 saturated carbocycles. The Bertz CT molecular complexity index is 747. The van der Waals surface area contributed by atoms with Crippen LogP contribution >= 0.6 is 0 Å². The molecule has 2 fully saturated rings. The molecule has 1 amide bonds. The first kappa shape index (κ1) is 20.3. The van der Waals surface area contributed by atoms with E-state index in [1.165, 1.54) is 25.3 Å².